The van der Waals surface area contributed by atoms with Crippen LogP contribution in [-0.4, -0.2) is 20.2 Å². The van der Waals surface area contributed by atoms with Crippen LogP contribution in [-0.2, 0) is 17.8 Å². The molecule has 0 spiro atoms. The molecule has 2 nitrogen and oxygen atoms in total. The van der Waals surface area contributed by atoms with Crippen LogP contribution >= 0.6 is 0 Å². The normalized spacial score (nSPS) is 11.0. The Hall–Kier alpha value is -0.860. The van der Waals surface area contributed by atoms with Gasteiger partial charge in [0.25, 0.3) is 0 Å². The molecule has 0 aliphatic rings. The van der Waals surface area contributed by atoms with E-state index in [0.29, 0.717) is 12.5 Å². The van der Waals surface area contributed by atoms with Crippen LogP contribution in [0.3, 0.4) is 0 Å². The molecule has 0 fully saturated rings. The summed E-state index contributed by atoms with van der Waals surface area (Å²) >= 11 is 0. The van der Waals surface area contributed by atoms with Crippen molar-refractivity contribution in [2.45, 2.75) is 26.9 Å². The van der Waals surface area contributed by atoms with Crippen LogP contribution in [0.1, 0.15) is 25.0 Å². The van der Waals surface area contributed by atoms with Crippen molar-refractivity contribution in [2.24, 2.45) is 5.92 Å². The fourth-order valence-electron chi connectivity index (χ4n) is 1.71. The van der Waals surface area contributed by atoms with Crippen molar-refractivity contribution in [1.29, 1.82) is 0 Å². The Balaban J connectivity index is 2.40. The number of methoxy groups -OCH3 is 1. The second-order valence-electron chi connectivity index (χ2n) is 4.55. The van der Waals surface area contributed by atoms with Gasteiger partial charge < -0.3 is 10.1 Å². The molecular formula is C14H23NO. The molecule has 1 aromatic rings. The first-order valence-corrected chi connectivity index (χ1v) is 6.00. The highest BCUT2D eigenvalue weighted by molar-refractivity contribution is 5.26. The summed E-state index contributed by atoms with van der Waals surface area (Å²) in [6.45, 7) is 7.30. The third-order valence-electron chi connectivity index (χ3n) is 2.54. The van der Waals surface area contributed by atoms with E-state index in [1.165, 1.54) is 11.1 Å². The maximum absolute atomic E-state index is 5.19. The molecule has 0 amide bonds. The van der Waals surface area contributed by atoms with Crippen LogP contribution in [0.2, 0.25) is 0 Å². The molecular weight excluding hydrogens is 198 g/mol. The second kappa shape index (κ2) is 7.42. The fourth-order valence-corrected chi connectivity index (χ4v) is 1.71. The van der Waals surface area contributed by atoms with Gasteiger partial charge in [-0.15, -0.1) is 0 Å². The summed E-state index contributed by atoms with van der Waals surface area (Å²) in [7, 11) is 1.74. The highest BCUT2D eigenvalue weighted by Crippen LogP contribution is 2.10. The second-order valence-corrected chi connectivity index (χ2v) is 4.55. The van der Waals surface area contributed by atoms with Gasteiger partial charge in [0.1, 0.15) is 0 Å². The van der Waals surface area contributed by atoms with Crippen molar-refractivity contribution >= 4 is 0 Å². The molecule has 0 bridgehead atoms. The van der Waals surface area contributed by atoms with Crippen molar-refractivity contribution in [2.75, 3.05) is 20.2 Å². The first-order valence-electron chi connectivity index (χ1n) is 6.00. The fraction of sp³-hybridized carbons (Fsp3) is 0.571. The minimum atomic E-state index is 0.709. The molecule has 0 heterocycles. The first-order chi connectivity index (χ1) is 7.74. The van der Waals surface area contributed by atoms with Crippen LogP contribution in [0.15, 0.2) is 24.3 Å². The van der Waals surface area contributed by atoms with Gasteiger partial charge in [0.05, 0.1) is 6.61 Å². The Morgan fingerprint density at radius 2 is 1.88 bits per heavy atom. The third kappa shape index (κ3) is 4.77. The van der Waals surface area contributed by atoms with Gasteiger partial charge in [-0.3, -0.25) is 0 Å². The number of benzene rings is 1. The Kier molecular flexibility index (Phi) is 6.12. The van der Waals surface area contributed by atoms with Crippen molar-refractivity contribution in [1.82, 2.24) is 5.32 Å². The Bertz CT molecular complexity index is 297. The predicted octanol–water partition coefficient (Wildman–Crippen LogP) is 2.62. The SMILES string of the molecule is COCc1ccccc1CCNCC(C)C. The van der Waals surface area contributed by atoms with Gasteiger partial charge in [-0.25, -0.2) is 0 Å². The summed E-state index contributed by atoms with van der Waals surface area (Å²) in [5.74, 6) is 0.717. The molecule has 90 valence electrons. The van der Waals surface area contributed by atoms with Crippen LogP contribution in [0.5, 0.6) is 0 Å². The van der Waals surface area contributed by atoms with E-state index in [4.69, 9.17) is 4.74 Å². The molecule has 0 saturated carbocycles. The highest BCUT2D eigenvalue weighted by atomic mass is 16.5. The van der Waals surface area contributed by atoms with E-state index in [-0.39, 0.29) is 0 Å². The van der Waals surface area contributed by atoms with Gasteiger partial charge in [0, 0.05) is 7.11 Å². The molecule has 16 heavy (non-hydrogen) atoms. The van der Waals surface area contributed by atoms with E-state index in [9.17, 15) is 0 Å². The van der Waals surface area contributed by atoms with Gasteiger partial charge in [0.15, 0.2) is 0 Å². The largest absolute Gasteiger partial charge is 0.380 e. The highest BCUT2D eigenvalue weighted by Gasteiger charge is 2.01. The van der Waals surface area contributed by atoms with Crippen molar-refractivity contribution < 1.29 is 4.74 Å². The van der Waals surface area contributed by atoms with Gasteiger partial charge in [-0.1, -0.05) is 38.1 Å². The molecule has 2 heteroatoms. The molecule has 0 saturated heterocycles. The van der Waals surface area contributed by atoms with E-state index in [1.54, 1.807) is 7.11 Å². The molecule has 0 unspecified atom stereocenters. The molecule has 1 N–H and O–H groups in total. The van der Waals surface area contributed by atoms with Gasteiger partial charge in [0.2, 0.25) is 0 Å². The Morgan fingerprint density at radius 1 is 1.19 bits per heavy atom. The van der Waals surface area contributed by atoms with E-state index in [1.807, 2.05) is 0 Å². The lowest BCUT2D eigenvalue weighted by molar-refractivity contribution is 0.184. The number of rotatable bonds is 7. The summed E-state index contributed by atoms with van der Waals surface area (Å²) in [5, 5.41) is 3.46. The number of ether oxygens (including phenoxy) is 1. The zero-order chi connectivity index (χ0) is 11.8. The first kappa shape index (κ1) is 13.2. The van der Waals surface area contributed by atoms with Crippen molar-refractivity contribution in [3.63, 3.8) is 0 Å². The van der Waals surface area contributed by atoms with Crippen LogP contribution in [0.25, 0.3) is 0 Å². The quantitative estimate of drug-likeness (QED) is 0.715. The van der Waals surface area contributed by atoms with Crippen LogP contribution in [0.4, 0.5) is 0 Å². The molecule has 0 aliphatic carbocycles. The molecule has 1 rings (SSSR count). The summed E-state index contributed by atoms with van der Waals surface area (Å²) < 4.78 is 5.19. The van der Waals surface area contributed by atoms with Crippen molar-refractivity contribution in [3.05, 3.63) is 35.4 Å². The molecule has 1 aromatic carbocycles. The zero-order valence-corrected chi connectivity index (χ0v) is 10.6. The summed E-state index contributed by atoms with van der Waals surface area (Å²) in [5.41, 5.74) is 2.69. The van der Waals surface area contributed by atoms with E-state index in [2.05, 4.69) is 43.4 Å². The van der Waals surface area contributed by atoms with Crippen LogP contribution < -0.4 is 5.32 Å². The molecule has 0 radical (unpaired) electrons. The van der Waals surface area contributed by atoms with E-state index < -0.39 is 0 Å². The lowest BCUT2D eigenvalue weighted by atomic mass is 10.1. The lowest BCUT2D eigenvalue weighted by Crippen LogP contribution is -2.22. The van der Waals surface area contributed by atoms with E-state index in [0.717, 1.165) is 19.5 Å². The Morgan fingerprint density at radius 3 is 2.50 bits per heavy atom. The van der Waals surface area contributed by atoms with E-state index >= 15 is 0 Å². The number of nitrogens with one attached hydrogen (secondary N) is 1. The summed E-state index contributed by atoms with van der Waals surface area (Å²) in [6.07, 6.45) is 1.08. The van der Waals surface area contributed by atoms with Crippen molar-refractivity contribution in [3.8, 4) is 0 Å². The van der Waals surface area contributed by atoms with Gasteiger partial charge in [-0.05, 0) is 36.6 Å². The molecule has 0 atom stereocenters. The average Bonchev–Trinajstić information content (AvgIpc) is 2.26. The zero-order valence-electron chi connectivity index (χ0n) is 10.6. The third-order valence-corrected chi connectivity index (χ3v) is 2.54. The van der Waals surface area contributed by atoms with Crippen LogP contribution in [0, 0.1) is 5.92 Å². The standard InChI is InChI=1S/C14H23NO/c1-12(2)10-15-9-8-13-6-4-5-7-14(13)11-16-3/h4-7,12,15H,8-11H2,1-3H3. The molecule has 0 aliphatic heterocycles. The maximum Gasteiger partial charge on any atom is 0.0715 e. The molecule has 0 aromatic heterocycles. The Labute approximate surface area is 99.0 Å². The minimum Gasteiger partial charge on any atom is -0.380 e. The minimum absolute atomic E-state index is 0.709. The summed E-state index contributed by atoms with van der Waals surface area (Å²) in [6, 6.07) is 8.49. The number of hydrogen-bond donors (Lipinski definition) is 1. The monoisotopic (exact) mass is 221 g/mol. The van der Waals surface area contributed by atoms with Gasteiger partial charge in [-0.2, -0.15) is 0 Å². The summed E-state index contributed by atoms with van der Waals surface area (Å²) in [4.78, 5) is 0. The smallest absolute Gasteiger partial charge is 0.0715 e. The maximum atomic E-state index is 5.19. The topological polar surface area (TPSA) is 21.3 Å². The van der Waals surface area contributed by atoms with Gasteiger partial charge >= 0.3 is 0 Å². The average molecular weight is 221 g/mol. The number of hydrogen-bond acceptors (Lipinski definition) is 2. The predicted molar refractivity (Wildman–Crippen MR) is 68.6 cm³/mol. The lowest BCUT2D eigenvalue weighted by Gasteiger charge is -2.10.